The highest BCUT2D eigenvalue weighted by Crippen LogP contribution is 2.23. The molecule has 12 heteroatoms. The van der Waals surface area contributed by atoms with E-state index in [1.165, 1.54) is 6.08 Å². The van der Waals surface area contributed by atoms with E-state index in [0.29, 0.717) is 13.2 Å². The number of nitrogens with zero attached hydrogens (tertiary/aromatic N) is 4. The molecule has 2 aromatic rings. The molecule has 0 spiro atoms. The maximum Gasteiger partial charge on any atom is 0.338 e. The normalized spacial score (nSPS) is 10.6. The summed E-state index contributed by atoms with van der Waals surface area (Å²) in [5.41, 5.74) is -0.278. The van der Waals surface area contributed by atoms with Crippen LogP contribution in [0.5, 0.6) is 0 Å². The third-order valence-corrected chi connectivity index (χ3v) is 4.54. The average molecular weight is 517 g/mol. The van der Waals surface area contributed by atoms with E-state index in [9.17, 15) is 29.8 Å². The Morgan fingerprint density at radius 2 is 1.41 bits per heavy atom. The van der Waals surface area contributed by atoms with Gasteiger partial charge >= 0.3 is 11.9 Å². The molecule has 0 N–H and O–H groups in total. The van der Waals surface area contributed by atoms with Crippen molar-refractivity contribution in [1.29, 1.82) is 0 Å². The second kappa shape index (κ2) is 16.5. The summed E-state index contributed by atoms with van der Waals surface area (Å²) in [5.74, 6) is -1.12. The highest BCUT2D eigenvalue weighted by Gasteiger charge is 2.20. The maximum absolute atomic E-state index is 11.7. The Labute approximate surface area is 215 Å². The summed E-state index contributed by atoms with van der Waals surface area (Å²) in [7, 11) is 7.56. The number of nitro groups is 2. The van der Waals surface area contributed by atoms with Crippen LogP contribution in [0.4, 0.5) is 11.4 Å². The lowest BCUT2D eigenvalue weighted by molar-refractivity contribution is -0.394. The van der Waals surface area contributed by atoms with Gasteiger partial charge in [0.1, 0.15) is 6.61 Å². The van der Waals surface area contributed by atoms with E-state index in [1.807, 2.05) is 44.4 Å². The fourth-order valence-electron chi connectivity index (χ4n) is 2.66. The minimum atomic E-state index is -0.835. The van der Waals surface area contributed by atoms with Crippen LogP contribution < -0.4 is 0 Å². The first-order chi connectivity index (χ1) is 17.5. The standard InChI is InChI=1S/C14H19NO2.C11H13N3O6/c1-15(2)11-6-12-17-14(16)10-9-13-7-4-3-5-8-13;1-12(2)3-4-20-11(15)8-5-9(13(16)17)7-10(6-8)14(18)19/h3-5,7-10H,6,11-12H2,1-2H3;5-7H,3-4H2,1-2H3/b10-9+;. The Bertz CT molecular complexity index is 1040. The van der Waals surface area contributed by atoms with Gasteiger partial charge in [-0.3, -0.25) is 20.2 Å². The van der Waals surface area contributed by atoms with Crippen molar-refractivity contribution in [3.8, 4) is 0 Å². The van der Waals surface area contributed by atoms with Gasteiger partial charge in [-0.25, -0.2) is 9.59 Å². The van der Waals surface area contributed by atoms with Crippen LogP contribution in [0.1, 0.15) is 22.3 Å². The molecule has 0 aliphatic heterocycles. The molecule has 0 aliphatic rings. The zero-order valence-corrected chi connectivity index (χ0v) is 21.4. The predicted molar refractivity (Wildman–Crippen MR) is 138 cm³/mol. The minimum Gasteiger partial charge on any atom is -0.462 e. The van der Waals surface area contributed by atoms with Crippen molar-refractivity contribution in [3.63, 3.8) is 0 Å². The molecular weight excluding hydrogens is 484 g/mol. The zero-order valence-electron chi connectivity index (χ0n) is 21.4. The third-order valence-electron chi connectivity index (χ3n) is 4.54. The largest absolute Gasteiger partial charge is 0.462 e. The van der Waals surface area contributed by atoms with Crippen molar-refractivity contribution in [2.24, 2.45) is 0 Å². The zero-order chi connectivity index (χ0) is 27.8. The lowest BCUT2D eigenvalue weighted by atomic mass is 10.2. The van der Waals surface area contributed by atoms with E-state index < -0.39 is 27.2 Å². The summed E-state index contributed by atoms with van der Waals surface area (Å²) in [6.45, 7) is 1.96. The van der Waals surface area contributed by atoms with Gasteiger partial charge in [0.15, 0.2) is 0 Å². The Hall–Kier alpha value is -4.16. The van der Waals surface area contributed by atoms with Gasteiger partial charge in [0, 0.05) is 31.3 Å². The number of non-ortho nitro benzene ring substituents is 2. The smallest absolute Gasteiger partial charge is 0.338 e. The lowest BCUT2D eigenvalue weighted by Gasteiger charge is -2.09. The summed E-state index contributed by atoms with van der Waals surface area (Å²) >= 11 is 0. The quantitative estimate of drug-likeness (QED) is 0.135. The van der Waals surface area contributed by atoms with Crippen molar-refractivity contribution in [3.05, 3.63) is 86.0 Å². The van der Waals surface area contributed by atoms with Crippen molar-refractivity contribution in [2.45, 2.75) is 6.42 Å². The van der Waals surface area contributed by atoms with Crippen LogP contribution in [0.25, 0.3) is 6.08 Å². The van der Waals surface area contributed by atoms with E-state index in [0.717, 1.165) is 36.7 Å². The molecule has 37 heavy (non-hydrogen) atoms. The van der Waals surface area contributed by atoms with Gasteiger partial charge in [-0.2, -0.15) is 0 Å². The van der Waals surface area contributed by atoms with Gasteiger partial charge in [-0.05, 0) is 46.3 Å². The molecule has 0 fully saturated rings. The van der Waals surface area contributed by atoms with Crippen molar-refractivity contribution in [1.82, 2.24) is 9.80 Å². The molecule has 0 unspecified atom stereocenters. The van der Waals surface area contributed by atoms with E-state index in [1.54, 1.807) is 25.1 Å². The summed E-state index contributed by atoms with van der Waals surface area (Å²) in [4.78, 5) is 46.6. The summed E-state index contributed by atoms with van der Waals surface area (Å²) in [6.07, 6.45) is 4.08. The number of hydrogen-bond donors (Lipinski definition) is 0. The number of rotatable bonds is 12. The van der Waals surface area contributed by atoms with Gasteiger partial charge in [0.05, 0.1) is 28.1 Å². The number of carbonyl (C=O) groups excluding carboxylic acids is 2. The van der Waals surface area contributed by atoms with E-state index in [2.05, 4.69) is 4.90 Å². The van der Waals surface area contributed by atoms with E-state index in [-0.39, 0.29) is 18.1 Å². The molecule has 0 saturated heterocycles. The van der Waals surface area contributed by atoms with Crippen LogP contribution in [0.2, 0.25) is 0 Å². The molecule has 0 aliphatic carbocycles. The minimum absolute atomic E-state index is 0.0856. The SMILES string of the molecule is CN(C)CCCOC(=O)/C=C/c1ccccc1.CN(C)CCOC(=O)c1cc([N+](=O)[O-])cc([N+](=O)[O-])c1. The third kappa shape index (κ3) is 13.5. The highest BCUT2D eigenvalue weighted by molar-refractivity contribution is 5.91. The first kappa shape index (κ1) is 30.9. The molecule has 200 valence electrons. The number of esters is 2. The molecule has 2 rings (SSSR count). The number of benzene rings is 2. The van der Waals surface area contributed by atoms with Crippen molar-refractivity contribution >= 4 is 29.4 Å². The molecule has 0 radical (unpaired) electrons. The van der Waals surface area contributed by atoms with Crippen LogP contribution in [0.3, 0.4) is 0 Å². The fraction of sp³-hybridized carbons (Fsp3) is 0.360. The van der Waals surface area contributed by atoms with Crippen LogP contribution in [-0.2, 0) is 14.3 Å². The Kier molecular flexibility index (Phi) is 13.8. The molecule has 0 amide bonds. The molecule has 0 bridgehead atoms. The fourth-order valence-corrected chi connectivity index (χ4v) is 2.66. The maximum atomic E-state index is 11.7. The van der Waals surface area contributed by atoms with Gasteiger partial charge in [0.25, 0.3) is 11.4 Å². The number of hydrogen-bond acceptors (Lipinski definition) is 10. The van der Waals surface area contributed by atoms with Crippen molar-refractivity contribution < 1.29 is 28.9 Å². The molecular formula is C25H32N4O8. The van der Waals surface area contributed by atoms with Crippen LogP contribution in [0, 0.1) is 20.2 Å². The Morgan fingerprint density at radius 1 is 0.838 bits per heavy atom. The average Bonchev–Trinajstić information content (AvgIpc) is 2.85. The van der Waals surface area contributed by atoms with Crippen molar-refractivity contribution in [2.75, 3.05) is 54.5 Å². The van der Waals surface area contributed by atoms with Crippen LogP contribution >= 0.6 is 0 Å². The Balaban J connectivity index is 0.000000375. The number of likely N-dealkylation sites (N-methyl/N-ethyl adjacent to an activating group) is 1. The predicted octanol–water partition coefficient (Wildman–Crippen LogP) is 3.42. The van der Waals surface area contributed by atoms with E-state index >= 15 is 0 Å². The summed E-state index contributed by atoms with van der Waals surface area (Å²) < 4.78 is 9.94. The summed E-state index contributed by atoms with van der Waals surface area (Å²) in [5, 5.41) is 21.4. The second-order valence-corrected chi connectivity index (χ2v) is 8.26. The second-order valence-electron chi connectivity index (χ2n) is 8.26. The first-order valence-electron chi connectivity index (χ1n) is 11.3. The monoisotopic (exact) mass is 516 g/mol. The molecule has 0 saturated carbocycles. The first-order valence-corrected chi connectivity index (χ1v) is 11.3. The number of nitro benzene ring substituents is 2. The van der Waals surface area contributed by atoms with E-state index in [4.69, 9.17) is 9.47 Å². The van der Waals surface area contributed by atoms with Gasteiger partial charge in [-0.1, -0.05) is 30.3 Å². The topological polar surface area (TPSA) is 145 Å². The molecule has 0 heterocycles. The Morgan fingerprint density at radius 3 is 1.92 bits per heavy atom. The molecule has 0 aromatic heterocycles. The number of ether oxygens (including phenoxy) is 2. The lowest BCUT2D eigenvalue weighted by Crippen LogP contribution is -2.20. The van der Waals surface area contributed by atoms with Crippen LogP contribution in [0.15, 0.2) is 54.6 Å². The molecule has 0 atom stereocenters. The molecule has 2 aromatic carbocycles. The molecule has 12 nitrogen and oxygen atoms in total. The van der Waals surface area contributed by atoms with Gasteiger partial charge in [-0.15, -0.1) is 0 Å². The van der Waals surface area contributed by atoms with Crippen LogP contribution in [-0.4, -0.2) is 86.1 Å². The van der Waals surface area contributed by atoms with Gasteiger partial charge < -0.3 is 19.3 Å². The number of carbonyl (C=O) groups is 2. The highest BCUT2D eigenvalue weighted by atomic mass is 16.6. The summed E-state index contributed by atoms with van der Waals surface area (Å²) in [6, 6.07) is 12.4. The van der Waals surface area contributed by atoms with Gasteiger partial charge in [0.2, 0.25) is 0 Å².